The van der Waals surface area contributed by atoms with E-state index in [1.165, 1.54) is 18.4 Å². The highest BCUT2D eigenvalue weighted by Crippen LogP contribution is 2.37. The Kier molecular flexibility index (Phi) is 4.59. The lowest BCUT2D eigenvalue weighted by atomic mass is 10.1. The van der Waals surface area contributed by atoms with E-state index in [0.29, 0.717) is 25.0 Å². The van der Waals surface area contributed by atoms with Crippen molar-refractivity contribution in [2.45, 2.75) is 46.8 Å². The molecule has 1 N–H and O–H groups in total. The van der Waals surface area contributed by atoms with E-state index in [1.807, 2.05) is 38.7 Å². The highest BCUT2D eigenvalue weighted by molar-refractivity contribution is 5.60. The molecule has 1 aromatic carbocycles. The minimum atomic E-state index is -0.745. The summed E-state index contributed by atoms with van der Waals surface area (Å²) < 4.78 is 11.7. The molecule has 24 heavy (non-hydrogen) atoms. The summed E-state index contributed by atoms with van der Waals surface area (Å²) in [5.41, 5.74) is 5.30. The van der Waals surface area contributed by atoms with Crippen LogP contribution in [0.5, 0.6) is 5.75 Å². The lowest BCUT2D eigenvalue weighted by Gasteiger charge is -2.23. The average Bonchev–Trinajstić information content (AvgIpc) is 3.29. The maximum atomic E-state index is 10.5. The molecule has 0 spiro atoms. The quantitative estimate of drug-likeness (QED) is 0.827. The van der Waals surface area contributed by atoms with Crippen molar-refractivity contribution in [1.29, 1.82) is 0 Å². The van der Waals surface area contributed by atoms with Crippen LogP contribution in [-0.4, -0.2) is 24.7 Å². The predicted molar refractivity (Wildman–Crippen MR) is 96.1 cm³/mol. The van der Waals surface area contributed by atoms with Gasteiger partial charge in [0.2, 0.25) is 0 Å². The molecular formula is C20H27NO3. The summed E-state index contributed by atoms with van der Waals surface area (Å²) in [6.45, 7) is 13.0. The molecule has 1 aromatic rings. The maximum absolute atomic E-state index is 10.5. The first kappa shape index (κ1) is 16.9. The Hall–Kier alpha value is -1.94. The van der Waals surface area contributed by atoms with Gasteiger partial charge in [-0.3, -0.25) is 0 Å². The van der Waals surface area contributed by atoms with E-state index >= 15 is 0 Å². The number of benzene rings is 1. The van der Waals surface area contributed by atoms with Crippen LogP contribution in [0.3, 0.4) is 0 Å². The summed E-state index contributed by atoms with van der Waals surface area (Å²) in [4.78, 5) is 1.86. The molecule has 1 aliphatic carbocycles. The third-order valence-electron chi connectivity index (χ3n) is 4.75. The first-order valence-corrected chi connectivity index (χ1v) is 8.55. The predicted octanol–water partition coefficient (Wildman–Crippen LogP) is 4.05. The number of aliphatic hydroxyl groups is 1. The summed E-state index contributed by atoms with van der Waals surface area (Å²) in [6, 6.07) is 4.10. The molecule has 1 saturated heterocycles. The zero-order valence-corrected chi connectivity index (χ0v) is 15.1. The van der Waals surface area contributed by atoms with E-state index in [4.69, 9.17) is 9.47 Å². The Morgan fingerprint density at radius 3 is 2.58 bits per heavy atom. The van der Waals surface area contributed by atoms with Crippen molar-refractivity contribution in [3.05, 3.63) is 46.7 Å². The molecule has 1 atom stereocenters. The fourth-order valence-corrected chi connectivity index (χ4v) is 3.10. The molecule has 0 amide bonds. The van der Waals surface area contributed by atoms with Gasteiger partial charge in [0, 0.05) is 11.8 Å². The second-order valence-corrected chi connectivity index (χ2v) is 7.11. The number of hydrogen-bond donors (Lipinski definition) is 1. The number of ether oxygens (including phenoxy) is 2. The van der Waals surface area contributed by atoms with Crippen molar-refractivity contribution in [1.82, 2.24) is 0 Å². The number of allylic oxidation sites excluding steroid dienone is 1. The number of hydrogen-bond acceptors (Lipinski definition) is 4. The third kappa shape index (κ3) is 3.29. The average molecular weight is 329 g/mol. The summed E-state index contributed by atoms with van der Waals surface area (Å²) in [5, 5.41) is 10.5. The highest BCUT2D eigenvalue weighted by Gasteiger charge is 2.31. The summed E-state index contributed by atoms with van der Waals surface area (Å²) in [6.07, 6.45) is 1.73. The molecule has 1 aliphatic heterocycles. The molecule has 1 heterocycles. The molecule has 4 heteroatoms. The molecule has 3 rings (SSSR count). The van der Waals surface area contributed by atoms with Crippen molar-refractivity contribution in [3.63, 3.8) is 0 Å². The molecule has 4 nitrogen and oxygen atoms in total. The monoisotopic (exact) mass is 329 g/mol. The van der Waals surface area contributed by atoms with Gasteiger partial charge in [0.1, 0.15) is 18.1 Å². The number of aryl methyl sites for hydroxylation is 2. The maximum Gasteiger partial charge on any atom is 0.188 e. The largest absolute Gasteiger partial charge is 0.489 e. The summed E-state index contributed by atoms with van der Waals surface area (Å²) >= 11 is 0. The van der Waals surface area contributed by atoms with Gasteiger partial charge < -0.3 is 19.5 Å². The molecule has 0 radical (unpaired) electrons. The second kappa shape index (κ2) is 6.52. The van der Waals surface area contributed by atoms with Crippen molar-refractivity contribution >= 4 is 5.69 Å². The fourth-order valence-electron chi connectivity index (χ4n) is 3.10. The van der Waals surface area contributed by atoms with Gasteiger partial charge in [-0.1, -0.05) is 12.6 Å². The Morgan fingerprint density at radius 2 is 2.00 bits per heavy atom. The lowest BCUT2D eigenvalue weighted by molar-refractivity contribution is 0.189. The topological polar surface area (TPSA) is 41.9 Å². The van der Waals surface area contributed by atoms with E-state index in [1.54, 1.807) is 0 Å². The third-order valence-corrected chi connectivity index (χ3v) is 4.75. The van der Waals surface area contributed by atoms with Crippen LogP contribution in [0.15, 0.2) is 35.6 Å². The molecule has 1 unspecified atom stereocenters. The van der Waals surface area contributed by atoms with E-state index in [2.05, 4.69) is 12.6 Å². The van der Waals surface area contributed by atoms with Crippen LogP contribution >= 0.6 is 0 Å². The Labute approximate surface area is 144 Å². The summed E-state index contributed by atoms with van der Waals surface area (Å²) in [7, 11) is 0. The van der Waals surface area contributed by atoms with Gasteiger partial charge in [-0.2, -0.15) is 0 Å². The SMILES string of the molecule is C=C(COc1cc(N2COC(=C(C)C)C2O)c(C)cc1C)C1CC1. The van der Waals surface area contributed by atoms with E-state index in [-0.39, 0.29) is 0 Å². The first-order valence-electron chi connectivity index (χ1n) is 8.55. The molecule has 1 saturated carbocycles. The number of aliphatic hydroxyl groups excluding tert-OH is 1. The van der Waals surface area contributed by atoms with Crippen molar-refractivity contribution < 1.29 is 14.6 Å². The van der Waals surface area contributed by atoms with Crippen molar-refractivity contribution in [2.24, 2.45) is 5.92 Å². The lowest BCUT2D eigenvalue weighted by Crippen LogP contribution is -2.30. The van der Waals surface area contributed by atoms with Crippen molar-refractivity contribution in [3.8, 4) is 5.75 Å². The van der Waals surface area contributed by atoms with Crippen LogP contribution in [0.1, 0.15) is 37.8 Å². The number of anilines is 1. The standard InChI is InChI=1S/C20H27NO3/c1-12(2)19-20(22)21(11-24-19)17-9-18(14(4)8-13(17)3)23-10-15(5)16-6-7-16/h8-9,16,20,22H,5-7,10-11H2,1-4H3. The molecule has 0 bridgehead atoms. The van der Waals surface area contributed by atoms with Crippen LogP contribution in [0.2, 0.25) is 0 Å². The molecule has 130 valence electrons. The van der Waals surface area contributed by atoms with Crippen LogP contribution in [0.25, 0.3) is 0 Å². The van der Waals surface area contributed by atoms with Gasteiger partial charge in [0.05, 0.1) is 0 Å². The van der Waals surface area contributed by atoms with E-state index in [9.17, 15) is 5.11 Å². The minimum absolute atomic E-state index is 0.347. The smallest absolute Gasteiger partial charge is 0.188 e. The molecule has 2 aliphatic rings. The van der Waals surface area contributed by atoms with Crippen molar-refractivity contribution in [2.75, 3.05) is 18.2 Å². The molecule has 0 aromatic heterocycles. The van der Waals surface area contributed by atoms with Crippen LogP contribution < -0.4 is 9.64 Å². The van der Waals surface area contributed by atoms with Crippen LogP contribution in [0.4, 0.5) is 5.69 Å². The first-order chi connectivity index (χ1) is 11.4. The van der Waals surface area contributed by atoms with Crippen LogP contribution in [0, 0.1) is 19.8 Å². The zero-order chi connectivity index (χ0) is 17.4. The Morgan fingerprint density at radius 1 is 1.29 bits per heavy atom. The minimum Gasteiger partial charge on any atom is -0.489 e. The van der Waals surface area contributed by atoms with Gasteiger partial charge in [-0.15, -0.1) is 0 Å². The fraction of sp³-hybridized carbons (Fsp3) is 0.500. The number of nitrogens with zero attached hydrogens (tertiary/aromatic N) is 1. The second-order valence-electron chi connectivity index (χ2n) is 7.11. The van der Waals surface area contributed by atoms with Gasteiger partial charge in [0.15, 0.2) is 13.0 Å². The Balaban J connectivity index is 1.82. The van der Waals surface area contributed by atoms with E-state index in [0.717, 1.165) is 28.1 Å². The summed E-state index contributed by atoms with van der Waals surface area (Å²) in [5.74, 6) is 2.12. The number of rotatable bonds is 5. The van der Waals surface area contributed by atoms with Gasteiger partial charge in [-0.25, -0.2) is 0 Å². The van der Waals surface area contributed by atoms with Gasteiger partial charge >= 0.3 is 0 Å². The Bertz CT molecular complexity index is 684. The van der Waals surface area contributed by atoms with Gasteiger partial charge in [-0.05, 0) is 68.7 Å². The highest BCUT2D eigenvalue weighted by atomic mass is 16.5. The zero-order valence-electron chi connectivity index (χ0n) is 15.1. The van der Waals surface area contributed by atoms with Gasteiger partial charge in [0.25, 0.3) is 0 Å². The molecule has 2 fully saturated rings. The van der Waals surface area contributed by atoms with Crippen LogP contribution in [-0.2, 0) is 4.74 Å². The molecular weight excluding hydrogens is 302 g/mol. The normalized spacial score (nSPS) is 20.1. The van der Waals surface area contributed by atoms with E-state index < -0.39 is 6.23 Å².